The Morgan fingerprint density at radius 1 is 1.24 bits per heavy atom. The maximum absolute atomic E-state index is 12.2. The molecule has 0 radical (unpaired) electrons. The lowest BCUT2D eigenvalue weighted by Gasteiger charge is -2.30. The summed E-state index contributed by atoms with van der Waals surface area (Å²) in [6.07, 6.45) is 0.891. The van der Waals surface area contributed by atoms with E-state index in [2.05, 4.69) is 47.4 Å². The Labute approximate surface area is 131 Å². The molecule has 0 saturated carbocycles. The Morgan fingerprint density at radius 3 is 2.43 bits per heavy atom. The summed E-state index contributed by atoms with van der Waals surface area (Å²) < 4.78 is 16.4. The molecule has 0 N–H and O–H groups in total. The molecule has 1 saturated heterocycles. The van der Waals surface area contributed by atoms with Gasteiger partial charge in [-0.15, -0.1) is 0 Å². The second-order valence-corrected chi connectivity index (χ2v) is 9.26. The lowest BCUT2D eigenvalue weighted by atomic mass is 10.0. The van der Waals surface area contributed by atoms with E-state index in [1.54, 1.807) is 0 Å². The fraction of sp³-hybridized carbons (Fsp3) is 0.588. The van der Waals surface area contributed by atoms with Crippen LogP contribution in [0, 0.1) is 0 Å². The number of hydrogen-bond acceptors (Lipinski definition) is 2. The van der Waals surface area contributed by atoms with Gasteiger partial charge < -0.3 is 0 Å². The van der Waals surface area contributed by atoms with Crippen molar-refractivity contribution < 1.29 is 4.21 Å². The third-order valence-electron chi connectivity index (χ3n) is 3.82. The summed E-state index contributed by atoms with van der Waals surface area (Å²) in [5.41, 5.74) is 2.43. The Hall–Kier alpha value is -1.00. The quantitative estimate of drug-likeness (QED) is 0.855. The van der Waals surface area contributed by atoms with E-state index < -0.39 is 11.0 Å². The van der Waals surface area contributed by atoms with Gasteiger partial charge in [0.25, 0.3) is 0 Å². The summed E-state index contributed by atoms with van der Waals surface area (Å²) in [7, 11) is -1.16. The normalized spacial score (nSPS) is 22.6. The van der Waals surface area contributed by atoms with E-state index in [1.807, 2.05) is 26.8 Å². The first-order chi connectivity index (χ1) is 9.68. The molecule has 0 aliphatic carbocycles. The highest BCUT2D eigenvalue weighted by atomic mass is 32.2. The van der Waals surface area contributed by atoms with Crippen molar-refractivity contribution in [3.63, 3.8) is 0 Å². The summed E-state index contributed by atoms with van der Waals surface area (Å²) in [6, 6.07) is 10.5. The summed E-state index contributed by atoms with van der Waals surface area (Å²) in [4.78, 5) is 2.42. The molecule has 1 heterocycles. The van der Waals surface area contributed by atoms with Gasteiger partial charge in [0, 0.05) is 30.8 Å². The zero-order chi connectivity index (χ0) is 15.7. The van der Waals surface area contributed by atoms with Gasteiger partial charge in [-0.25, -0.2) is 4.21 Å². The molecule has 1 fully saturated rings. The van der Waals surface area contributed by atoms with Crippen LogP contribution in [0.15, 0.2) is 34.7 Å². The lowest BCUT2D eigenvalue weighted by Crippen LogP contribution is -2.37. The maximum atomic E-state index is 12.2. The highest BCUT2D eigenvalue weighted by Crippen LogP contribution is 2.29. The summed E-state index contributed by atoms with van der Waals surface area (Å²) in [6.45, 7) is 12.1. The minimum Gasteiger partial charge on any atom is -0.288 e. The van der Waals surface area contributed by atoms with E-state index in [4.69, 9.17) is 0 Å². The van der Waals surface area contributed by atoms with Gasteiger partial charge >= 0.3 is 0 Å². The van der Waals surface area contributed by atoms with Crippen molar-refractivity contribution in [1.82, 2.24) is 4.90 Å². The molecule has 1 aliphatic heterocycles. The van der Waals surface area contributed by atoms with E-state index in [-0.39, 0.29) is 10.3 Å². The fourth-order valence-corrected chi connectivity index (χ4v) is 3.12. The minimum atomic E-state index is -1.16. The first kappa shape index (κ1) is 16.4. The highest BCUT2D eigenvalue weighted by molar-refractivity contribution is 7.85. The Morgan fingerprint density at radius 2 is 1.86 bits per heavy atom. The average Bonchev–Trinajstić information content (AvgIpc) is 2.64. The SMILES string of the molecule is CC1(C)CC(=NS(=O)C(C)(C)C)CN1Cc1ccccc1. The van der Waals surface area contributed by atoms with Crippen molar-refractivity contribution in [2.24, 2.45) is 4.40 Å². The Bertz CT molecular complexity index is 544. The van der Waals surface area contributed by atoms with Gasteiger partial charge in [-0.3, -0.25) is 4.90 Å². The Kier molecular flexibility index (Phi) is 4.69. The molecular formula is C17H26N2OS. The molecule has 4 heteroatoms. The Balaban J connectivity index is 2.12. The van der Waals surface area contributed by atoms with Crippen LogP contribution in [0.2, 0.25) is 0 Å². The molecule has 0 aromatic heterocycles. The first-order valence-corrected chi connectivity index (χ1v) is 8.56. The van der Waals surface area contributed by atoms with E-state index >= 15 is 0 Å². The zero-order valence-corrected chi connectivity index (χ0v) is 14.5. The molecule has 1 unspecified atom stereocenters. The van der Waals surface area contributed by atoms with Crippen LogP contribution in [0.4, 0.5) is 0 Å². The van der Waals surface area contributed by atoms with E-state index in [0.717, 1.165) is 25.2 Å². The predicted molar refractivity (Wildman–Crippen MR) is 90.9 cm³/mol. The smallest absolute Gasteiger partial charge is 0.144 e. The molecule has 0 bridgehead atoms. The summed E-state index contributed by atoms with van der Waals surface area (Å²) >= 11 is 0. The number of likely N-dealkylation sites (tertiary alicyclic amines) is 1. The molecule has 1 aliphatic rings. The zero-order valence-electron chi connectivity index (χ0n) is 13.7. The summed E-state index contributed by atoms with van der Waals surface area (Å²) in [5.74, 6) is 0. The minimum absolute atomic E-state index is 0.0662. The lowest BCUT2D eigenvalue weighted by molar-refractivity contribution is 0.167. The standard InChI is InChI=1S/C17H26N2OS/c1-16(2,3)21(20)18-15-11-17(4,5)19(13-15)12-14-9-7-6-8-10-14/h6-10H,11-13H2,1-5H3. The topological polar surface area (TPSA) is 32.7 Å². The van der Waals surface area contributed by atoms with E-state index in [9.17, 15) is 4.21 Å². The fourth-order valence-electron chi connectivity index (χ4n) is 2.49. The van der Waals surface area contributed by atoms with Crippen LogP contribution < -0.4 is 0 Å². The molecule has 2 rings (SSSR count). The van der Waals surface area contributed by atoms with Crippen LogP contribution in [0.1, 0.15) is 46.6 Å². The molecule has 1 aromatic carbocycles. The second-order valence-electron chi connectivity index (χ2n) is 7.35. The molecular weight excluding hydrogens is 280 g/mol. The van der Waals surface area contributed by atoms with Gasteiger partial charge in [0.1, 0.15) is 11.0 Å². The second kappa shape index (κ2) is 6.01. The molecule has 116 valence electrons. The third-order valence-corrected chi connectivity index (χ3v) is 5.29. The largest absolute Gasteiger partial charge is 0.288 e. The van der Waals surface area contributed by atoms with Gasteiger partial charge in [0.15, 0.2) is 0 Å². The van der Waals surface area contributed by atoms with Crippen molar-refractivity contribution in [3.8, 4) is 0 Å². The molecule has 21 heavy (non-hydrogen) atoms. The van der Waals surface area contributed by atoms with Crippen molar-refractivity contribution in [1.29, 1.82) is 0 Å². The molecule has 3 nitrogen and oxygen atoms in total. The highest BCUT2D eigenvalue weighted by Gasteiger charge is 2.36. The van der Waals surface area contributed by atoms with Gasteiger partial charge in [0.05, 0.1) is 4.75 Å². The van der Waals surface area contributed by atoms with Gasteiger partial charge in [-0.1, -0.05) is 30.3 Å². The van der Waals surface area contributed by atoms with Crippen LogP contribution >= 0.6 is 0 Å². The van der Waals surface area contributed by atoms with Crippen LogP contribution in [-0.4, -0.2) is 31.7 Å². The third kappa shape index (κ3) is 4.24. The first-order valence-electron chi connectivity index (χ1n) is 7.46. The van der Waals surface area contributed by atoms with Gasteiger partial charge in [0.2, 0.25) is 0 Å². The number of rotatable bonds is 3. The van der Waals surface area contributed by atoms with E-state index in [1.165, 1.54) is 5.56 Å². The predicted octanol–water partition coefficient (Wildman–Crippen LogP) is 3.57. The molecule has 1 atom stereocenters. The maximum Gasteiger partial charge on any atom is 0.144 e. The van der Waals surface area contributed by atoms with Gasteiger partial charge in [-0.2, -0.15) is 4.40 Å². The van der Waals surface area contributed by atoms with Crippen LogP contribution in [0.5, 0.6) is 0 Å². The van der Waals surface area contributed by atoms with Gasteiger partial charge in [-0.05, 0) is 40.2 Å². The van der Waals surface area contributed by atoms with Crippen molar-refractivity contribution in [2.75, 3.05) is 6.54 Å². The molecule has 0 spiro atoms. The van der Waals surface area contributed by atoms with Crippen molar-refractivity contribution in [3.05, 3.63) is 35.9 Å². The van der Waals surface area contributed by atoms with Crippen LogP contribution in [0.25, 0.3) is 0 Å². The average molecular weight is 306 g/mol. The number of benzene rings is 1. The number of nitrogens with zero attached hydrogens (tertiary/aromatic N) is 2. The van der Waals surface area contributed by atoms with Crippen molar-refractivity contribution >= 4 is 16.7 Å². The van der Waals surface area contributed by atoms with Crippen LogP contribution in [0.3, 0.4) is 0 Å². The molecule has 0 amide bonds. The molecule has 1 aromatic rings. The van der Waals surface area contributed by atoms with E-state index in [0.29, 0.717) is 0 Å². The summed E-state index contributed by atoms with van der Waals surface area (Å²) in [5, 5.41) is 0. The monoisotopic (exact) mass is 306 g/mol. The van der Waals surface area contributed by atoms with Crippen LogP contribution in [-0.2, 0) is 17.5 Å². The van der Waals surface area contributed by atoms with Crippen molar-refractivity contribution in [2.45, 2.75) is 57.9 Å². The number of hydrogen-bond donors (Lipinski definition) is 0.